The van der Waals surface area contributed by atoms with Crippen LogP contribution in [0.1, 0.15) is 10.4 Å². The molecule has 0 aliphatic rings. The van der Waals surface area contributed by atoms with Gasteiger partial charge in [-0.2, -0.15) is 0 Å². The van der Waals surface area contributed by atoms with Crippen LogP contribution in [0.4, 0.5) is 11.4 Å². The molecule has 20 heavy (non-hydrogen) atoms. The van der Waals surface area contributed by atoms with Crippen molar-refractivity contribution in [1.82, 2.24) is 0 Å². The number of methoxy groups -OCH3 is 1. The molecule has 0 saturated carbocycles. The second kappa shape index (κ2) is 5.71. The Bertz CT molecular complexity index is 659. The van der Waals surface area contributed by atoms with E-state index in [1.807, 2.05) is 0 Å². The lowest BCUT2D eigenvalue weighted by molar-refractivity contribution is 0.102. The Labute approximate surface area is 120 Å². The molecule has 2 aromatic carbocycles. The van der Waals surface area contributed by atoms with Gasteiger partial charge in [-0.05, 0) is 30.3 Å². The number of carbonyl (C=O) groups excluding carboxylic acids is 1. The van der Waals surface area contributed by atoms with Crippen molar-refractivity contribution in [2.24, 2.45) is 0 Å². The highest BCUT2D eigenvalue weighted by Crippen LogP contribution is 2.27. The van der Waals surface area contributed by atoms with Crippen LogP contribution in [0.5, 0.6) is 11.5 Å². The largest absolute Gasteiger partial charge is 0.506 e. The minimum absolute atomic E-state index is 0.0795. The number of nitrogens with two attached hydrogens (primary N) is 1. The monoisotopic (exact) mass is 292 g/mol. The topological polar surface area (TPSA) is 84.6 Å². The summed E-state index contributed by atoms with van der Waals surface area (Å²) < 4.78 is 5.07. The Kier molecular flexibility index (Phi) is 4.00. The maximum Gasteiger partial charge on any atom is 0.255 e. The average Bonchev–Trinajstić information content (AvgIpc) is 2.44. The number of rotatable bonds is 3. The Morgan fingerprint density at radius 1 is 1.30 bits per heavy atom. The molecule has 0 spiro atoms. The van der Waals surface area contributed by atoms with Gasteiger partial charge >= 0.3 is 0 Å². The summed E-state index contributed by atoms with van der Waals surface area (Å²) in [6.45, 7) is 0. The summed E-state index contributed by atoms with van der Waals surface area (Å²) in [6.07, 6.45) is 0. The number of nitrogen functional groups attached to an aromatic ring is 1. The lowest BCUT2D eigenvalue weighted by Gasteiger charge is -2.10. The van der Waals surface area contributed by atoms with Gasteiger partial charge in [-0.1, -0.05) is 11.6 Å². The molecule has 104 valence electrons. The predicted molar refractivity (Wildman–Crippen MR) is 78.5 cm³/mol. The number of aromatic hydroxyl groups is 1. The fraction of sp³-hybridized carbons (Fsp3) is 0.0714. The number of phenolic OH excluding ortho intramolecular Hbond substituents is 1. The van der Waals surface area contributed by atoms with Crippen molar-refractivity contribution in [2.75, 3.05) is 18.2 Å². The first-order valence-corrected chi connectivity index (χ1v) is 6.12. The summed E-state index contributed by atoms with van der Waals surface area (Å²) >= 11 is 5.77. The van der Waals surface area contributed by atoms with Crippen LogP contribution in [0, 0.1) is 0 Å². The molecule has 4 N–H and O–H groups in total. The predicted octanol–water partition coefficient (Wildman–Crippen LogP) is 2.89. The van der Waals surface area contributed by atoms with E-state index in [-0.39, 0.29) is 16.7 Å². The minimum atomic E-state index is -0.383. The molecule has 0 aromatic heterocycles. The van der Waals surface area contributed by atoms with E-state index in [0.717, 1.165) is 0 Å². The van der Waals surface area contributed by atoms with Crippen LogP contribution in [-0.4, -0.2) is 18.1 Å². The van der Waals surface area contributed by atoms with Gasteiger partial charge in [-0.15, -0.1) is 0 Å². The van der Waals surface area contributed by atoms with Crippen LogP contribution in [0.25, 0.3) is 0 Å². The first-order valence-electron chi connectivity index (χ1n) is 5.74. The molecule has 0 atom stereocenters. The molecule has 5 nitrogen and oxygen atoms in total. The van der Waals surface area contributed by atoms with Gasteiger partial charge in [0.2, 0.25) is 0 Å². The van der Waals surface area contributed by atoms with E-state index in [9.17, 15) is 9.90 Å². The molecule has 0 unspecified atom stereocenters. The molecular weight excluding hydrogens is 280 g/mol. The van der Waals surface area contributed by atoms with E-state index in [4.69, 9.17) is 22.1 Å². The molecule has 0 fully saturated rings. The zero-order valence-electron chi connectivity index (χ0n) is 10.7. The number of carbonyl (C=O) groups is 1. The fourth-order valence-electron chi connectivity index (χ4n) is 1.61. The number of ether oxygens (including phenoxy) is 1. The highest BCUT2D eigenvalue weighted by molar-refractivity contribution is 6.32. The molecule has 1 amide bonds. The van der Waals surface area contributed by atoms with E-state index >= 15 is 0 Å². The van der Waals surface area contributed by atoms with Crippen LogP contribution >= 0.6 is 11.6 Å². The van der Waals surface area contributed by atoms with Gasteiger partial charge in [0, 0.05) is 11.6 Å². The summed E-state index contributed by atoms with van der Waals surface area (Å²) in [5, 5.41) is 12.1. The van der Waals surface area contributed by atoms with Crippen molar-refractivity contribution in [2.45, 2.75) is 0 Å². The van der Waals surface area contributed by atoms with E-state index in [1.54, 1.807) is 18.2 Å². The van der Waals surface area contributed by atoms with Crippen molar-refractivity contribution >= 4 is 28.9 Å². The number of nitrogens with one attached hydrogen (secondary N) is 1. The van der Waals surface area contributed by atoms with Gasteiger partial charge < -0.3 is 20.9 Å². The Morgan fingerprint density at radius 2 is 2.05 bits per heavy atom. The van der Waals surface area contributed by atoms with Gasteiger partial charge in [0.05, 0.1) is 23.5 Å². The van der Waals surface area contributed by atoms with Gasteiger partial charge in [0.25, 0.3) is 5.91 Å². The Hall–Kier alpha value is -2.40. The summed E-state index contributed by atoms with van der Waals surface area (Å²) in [5.41, 5.74) is 6.97. The van der Waals surface area contributed by atoms with E-state index in [2.05, 4.69) is 5.32 Å². The van der Waals surface area contributed by atoms with Crippen molar-refractivity contribution in [3.8, 4) is 11.5 Å². The van der Waals surface area contributed by atoms with Crippen molar-refractivity contribution in [3.05, 3.63) is 47.0 Å². The molecule has 0 heterocycles. The number of anilines is 2. The number of phenols is 1. The first kappa shape index (κ1) is 14.0. The summed E-state index contributed by atoms with van der Waals surface area (Å²) in [6, 6.07) is 9.15. The third kappa shape index (κ3) is 2.95. The van der Waals surface area contributed by atoms with Crippen molar-refractivity contribution in [1.29, 1.82) is 0 Å². The molecule has 6 heteroatoms. The minimum Gasteiger partial charge on any atom is -0.506 e. The number of hydrogen-bond acceptors (Lipinski definition) is 4. The summed E-state index contributed by atoms with van der Waals surface area (Å²) in [4.78, 5) is 12.1. The van der Waals surface area contributed by atoms with Crippen molar-refractivity contribution in [3.63, 3.8) is 0 Å². The molecule has 0 radical (unpaired) electrons. The number of hydrogen-bond donors (Lipinski definition) is 3. The quantitative estimate of drug-likeness (QED) is 0.759. The maximum absolute atomic E-state index is 12.1. The molecule has 0 saturated heterocycles. The fourth-order valence-corrected chi connectivity index (χ4v) is 1.79. The Balaban J connectivity index is 2.25. The molecular formula is C14H13ClN2O3. The number of halogens is 1. The van der Waals surface area contributed by atoms with E-state index < -0.39 is 0 Å². The third-order valence-electron chi connectivity index (χ3n) is 2.72. The van der Waals surface area contributed by atoms with Gasteiger partial charge in [0.1, 0.15) is 11.5 Å². The molecule has 0 aliphatic heterocycles. The van der Waals surface area contributed by atoms with Crippen LogP contribution < -0.4 is 15.8 Å². The molecule has 0 bridgehead atoms. The van der Waals surface area contributed by atoms with Crippen LogP contribution in [0.15, 0.2) is 36.4 Å². The van der Waals surface area contributed by atoms with Gasteiger partial charge in [0.15, 0.2) is 0 Å². The second-order valence-corrected chi connectivity index (χ2v) is 4.48. The summed E-state index contributed by atoms with van der Waals surface area (Å²) in [7, 11) is 1.52. The lowest BCUT2D eigenvalue weighted by atomic mass is 10.2. The zero-order chi connectivity index (χ0) is 14.7. The average molecular weight is 293 g/mol. The van der Waals surface area contributed by atoms with Gasteiger partial charge in [-0.3, -0.25) is 4.79 Å². The smallest absolute Gasteiger partial charge is 0.255 e. The SMILES string of the molecule is COc1ccc(N)c(NC(=O)c2ccc(O)c(Cl)c2)c1. The normalized spacial score (nSPS) is 10.1. The van der Waals surface area contributed by atoms with Crippen LogP contribution in [-0.2, 0) is 0 Å². The molecule has 0 aliphatic carbocycles. The standard InChI is InChI=1S/C14H13ClN2O3/c1-20-9-3-4-11(16)12(7-9)17-14(19)8-2-5-13(18)10(15)6-8/h2-7,18H,16H2,1H3,(H,17,19). The molecule has 2 rings (SSSR count). The lowest BCUT2D eigenvalue weighted by Crippen LogP contribution is -2.13. The van der Waals surface area contributed by atoms with E-state index in [0.29, 0.717) is 22.7 Å². The zero-order valence-corrected chi connectivity index (χ0v) is 11.4. The van der Waals surface area contributed by atoms with Crippen LogP contribution in [0.2, 0.25) is 5.02 Å². The maximum atomic E-state index is 12.1. The van der Waals surface area contributed by atoms with E-state index in [1.165, 1.54) is 25.3 Å². The Morgan fingerprint density at radius 3 is 2.70 bits per heavy atom. The summed E-state index contributed by atoms with van der Waals surface area (Å²) in [5.74, 6) is 0.120. The molecule has 2 aromatic rings. The highest BCUT2D eigenvalue weighted by Gasteiger charge is 2.11. The third-order valence-corrected chi connectivity index (χ3v) is 3.02. The van der Waals surface area contributed by atoms with Crippen LogP contribution in [0.3, 0.4) is 0 Å². The van der Waals surface area contributed by atoms with Crippen molar-refractivity contribution < 1.29 is 14.6 Å². The van der Waals surface area contributed by atoms with Gasteiger partial charge in [-0.25, -0.2) is 0 Å². The number of amides is 1. The second-order valence-electron chi connectivity index (χ2n) is 4.07. The highest BCUT2D eigenvalue weighted by atomic mass is 35.5. The number of benzene rings is 2. The first-order chi connectivity index (χ1) is 9.51.